The molecule has 25 heavy (non-hydrogen) atoms. The number of aromatic nitrogens is 1. The zero-order chi connectivity index (χ0) is 17.3. The van der Waals surface area contributed by atoms with Gasteiger partial charge in [0.25, 0.3) is 0 Å². The minimum absolute atomic E-state index is 0.00344. The molecule has 0 radical (unpaired) electrons. The van der Waals surface area contributed by atoms with Gasteiger partial charge in [-0.25, -0.2) is 0 Å². The van der Waals surface area contributed by atoms with E-state index in [2.05, 4.69) is 10.3 Å². The van der Waals surface area contributed by atoms with Crippen molar-refractivity contribution in [2.75, 3.05) is 6.54 Å². The summed E-state index contributed by atoms with van der Waals surface area (Å²) in [7, 11) is 0. The van der Waals surface area contributed by atoms with Crippen LogP contribution in [0.2, 0.25) is 0 Å². The third-order valence-corrected chi connectivity index (χ3v) is 5.25. The number of carbonyl (C=O) groups is 1. The lowest BCUT2D eigenvalue weighted by Crippen LogP contribution is -2.34. The number of carbonyl (C=O) groups excluding carboxylic acids is 1. The fraction of sp³-hybridized carbons (Fsp3) is 0.286. The number of aromatic amines is 1. The van der Waals surface area contributed by atoms with Crippen LogP contribution in [-0.4, -0.2) is 22.5 Å². The molecule has 1 atom stereocenters. The number of benzene rings is 2. The zero-order valence-corrected chi connectivity index (χ0v) is 14.0. The number of hydrogen-bond acceptors (Lipinski definition) is 2. The van der Waals surface area contributed by atoms with Crippen molar-refractivity contribution in [3.8, 4) is 0 Å². The van der Waals surface area contributed by atoms with E-state index in [4.69, 9.17) is 0 Å². The predicted octanol–water partition coefficient (Wildman–Crippen LogP) is 3.34. The first-order valence-electron chi connectivity index (χ1n) is 8.73. The van der Waals surface area contributed by atoms with Gasteiger partial charge in [0.05, 0.1) is 12.5 Å². The van der Waals surface area contributed by atoms with Crippen LogP contribution in [0.5, 0.6) is 0 Å². The van der Waals surface area contributed by atoms with Gasteiger partial charge in [0.2, 0.25) is 5.91 Å². The molecule has 4 rings (SSSR count). The zero-order valence-electron chi connectivity index (χ0n) is 14.0. The van der Waals surface area contributed by atoms with E-state index >= 15 is 0 Å². The van der Waals surface area contributed by atoms with E-state index in [1.807, 2.05) is 60.8 Å². The Morgan fingerprint density at radius 1 is 1.12 bits per heavy atom. The van der Waals surface area contributed by atoms with Crippen molar-refractivity contribution in [2.24, 2.45) is 5.41 Å². The van der Waals surface area contributed by atoms with Gasteiger partial charge in [0.15, 0.2) is 0 Å². The Hall–Kier alpha value is -2.59. The van der Waals surface area contributed by atoms with Gasteiger partial charge in [0.1, 0.15) is 0 Å². The highest BCUT2D eigenvalue weighted by atomic mass is 16.3. The molecule has 1 aromatic heterocycles. The summed E-state index contributed by atoms with van der Waals surface area (Å²) in [6.07, 6.45) is 3.60. The van der Waals surface area contributed by atoms with Crippen molar-refractivity contribution >= 4 is 16.8 Å². The molecule has 3 N–H and O–H groups in total. The largest absolute Gasteiger partial charge is 0.388 e. The van der Waals surface area contributed by atoms with Gasteiger partial charge >= 0.3 is 0 Å². The maximum Gasteiger partial charge on any atom is 0.224 e. The summed E-state index contributed by atoms with van der Waals surface area (Å²) in [5, 5.41) is 14.8. The molecule has 0 bridgehead atoms. The lowest BCUT2D eigenvalue weighted by molar-refractivity contribution is -0.120. The Kier molecular flexibility index (Phi) is 4.06. The minimum atomic E-state index is -0.526. The summed E-state index contributed by atoms with van der Waals surface area (Å²) in [6, 6.07) is 17.7. The van der Waals surface area contributed by atoms with E-state index in [1.165, 1.54) is 0 Å². The normalized spacial score (nSPS) is 16.5. The van der Waals surface area contributed by atoms with E-state index in [0.29, 0.717) is 13.0 Å². The van der Waals surface area contributed by atoms with Crippen LogP contribution in [0.4, 0.5) is 0 Å². The fourth-order valence-corrected chi connectivity index (χ4v) is 3.48. The molecule has 4 nitrogen and oxygen atoms in total. The molecule has 4 heteroatoms. The van der Waals surface area contributed by atoms with E-state index < -0.39 is 6.10 Å². The lowest BCUT2D eigenvalue weighted by Gasteiger charge is -2.23. The topological polar surface area (TPSA) is 65.1 Å². The van der Waals surface area contributed by atoms with E-state index in [-0.39, 0.29) is 11.3 Å². The number of H-pyrrole nitrogens is 1. The summed E-state index contributed by atoms with van der Waals surface area (Å²) in [5.74, 6) is -0.00344. The molecule has 1 aliphatic rings. The number of rotatable bonds is 6. The van der Waals surface area contributed by atoms with Crippen LogP contribution in [-0.2, 0) is 11.2 Å². The minimum Gasteiger partial charge on any atom is -0.388 e. The number of amides is 1. The maximum atomic E-state index is 12.4. The third-order valence-electron chi connectivity index (χ3n) is 5.25. The van der Waals surface area contributed by atoms with Crippen LogP contribution in [0.25, 0.3) is 10.9 Å². The summed E-state index contributed by atoms with van der Waals surface area (Å²) < 4.78 is 0. The quantitative estimate of drug-likeness (QED) is 0.647. The van der Waals surface area contributed by atoms with Crippen LogP contribution >= 0.6 is 0 Å². The highest BCUT2D eigenvalue weighted by Gasteiger charge is 2.49. The highest BCUT2D eigenvalue weighted by Crippen LogP contribution is 2.54. The molecule has 0 spiro atoms. The number of aliphatic hydroxyl groups excluding tert-OH is 1. The molecular weight excluding hydrogens is 312 g/mol. The summed E-state index contributed by atoms with van der Waals surface area (Å²) in [4.78, 5) is 15.6. The standard InChI is InChI=1S/C21H22N2O2/c24-19(12-16-13-22-18-9-5-4-8-17(16)18)23-14-21(10-11-21)20(25)15-6-2-1-3-7-15/h1-9,13,20,22,25H,10-12,14H2,(H,23,24)/t20-/m1/s1. The monoisotopic (exact) mass is 334 g/mol. The summed E-state index contributed by atoms with van der Waals surface area (Å²) in [5.41, 5.74) is 2.76. The second kappa shape index (κ2) is 6.37. The second-order valence-corrected chi connectivity index (χ2v) is 6.99. The SMILES string of the molecule is O=C(Cc1c[nH]c2ccccc12)NCC1([C@H](O)c2ccccc2)CC1. The maximum absolute atomic E-state index is 12.4. The van der Waals surface area contributed by atoms with Crippen molar-refractivity contribution in [1.29, 1.82) is 0 Å². The van der Waals surface area contributed by atoms with Gasteiger partial charge in [-0.15, -0.1) is 0 Å². The van der Waals surface area contributed by atoms with Crippen LogP contribution in [0.15, 0.2) is 60.8 Å². The molecule has 1 amide bonds. The average Bonchev–Trinajstić information content (AvgIpc) is 3.35. The molecule has 128 valence electrons. The van der Waals surface area contributed by atoms with Crippen LogP contribution in [0.1, 0.15) is 30.1 Å². The van der Waals surface area contributed by atoms with Gasteiger partial charge in [0, 0.05) is 29.1 Å². The molecule has 1 aliphatic carbocycles. The van der Waals surface area contributed by atoms with E-state index in [9.17, 15) is 9.90 Å². The van der Waals surface area contributed by atoms with Gasteiger partial charge in [-0.05, 0) is 30.0 Å². The van der Waals surface area contributed by atoms with Crippen molar-refractivity contribution < 1.29 is 9.90 Å². The molecular formula is C21H22N2O2. The van der Waals surface area contributed by atoms with Crippen LogP contribution in [0, 0.1) is 5.41 Å². The molecule has 1 heterocycles. The Balaban J connectivity index is 1.39. The molecule has 2 aromatic carbocycles. The van der Waals surface area contributed by atoms with Gasteiger partial charge in [-0.1, -0.05) is 48.5 Å². The molecule has 0 saturated heterocycles. The Bertz CT molecular complexity index is 881. The molecule has 3 aromatic rings. The summed E-state index contributed by atoms with van der Waals surface area (Å²) in [6.45, 7) is 0.518. The molecule has 1 fully saturated rings. The number of para-hydroxylation sites is 1. The molecule has 0 aliphatic heterocycles. The first-order chi connectivity index (χ1) is 12.2. The van der Waals surface area contributed by atoms with Crippen molar-refractivity contribution in [1.82, 2.24) is 10.3 Å². The number of fused-ring (bicyclic) bond motifs is 1. The fourth-order valence-electron chi connectivity index (χ4n) is 3.48. The van der Waals surface area contributed by atoms with Crippen molar-refractivity contribution in [2.45, 2.75) is 25.4 Å². The second-order valence-electron chi connectivity index (χ2n) is 6.99. The Morgan fingerprint density at radius 2 is 1.84 bits per heavy atom. The Labute approximate surface area is 146 Å². The summed E-state index contributed by atoms with van der Waals surface area (Å²) >= 11 is 0. The third kappa shape index (κ3) is 3.17. The van der Waals surface area contributed by atoms with Gasteiger partial charge in [-0.2, -0.15) is 0 Å². The predicted molar refractivity (Wildman–Crippen MR) is 98.1 cm³/mol. The van der Waals surface area contributed by atoms with E-state index in [1.54, 1.807) is 0 Å². The van der Waals surface area contributed by atoms with E-state index in [0.717, 1.165) is 34.9 Å². The smallest absolute Gasteiger partial charge is 0.224 e. The first kappa shape index (κ1) is 15.9. The van der Waals surface area contributed by atoms with Crippen molar-refractivity contribution in [3.63, 3.8) is 0 Å². The number of nitrogens with one attached hydrogen (secondary N) is 2. The van der Waals surface area contributed by atoms with Crippen LogP contribution in [0.3, 0.4) is 0 Å². The van der Waals surface area contributed by atoms with Gasteiger partial charge < -0.3 is 15.4 Å². The lowest BCUT2D eigenvalue weighted by atomic mass is 9.92. The molecule has 1 saturated carbocycles. The van der Waals surface area contributed by atoms with Gasteiger partial charge in [-0.3, -0.25) is 4.79 Å². The Morgan fingerprint density at radius 3 is 2.60 bits per heavy atom. The van der Waals surface area contributed by atoms with Crippen LogP contribution < -0.4 is 5.32 Å². The number of aliphatic hydroxyl groups is 1. The molecule has 0 unspecified atom stereocenters. The number of hydrogen-bond donors (Lipinski definition) is 3. The highest BCUT2D eigenvalue weighted by molar-refractivity contribution is 5.88. The average molecular weight is 334 g/mol. The van der Waals surface area contributed by atoms with Crippen molar-refractivity contribution in [3.05, 3.63) is 71.9 Å². The first-order valence-corrected chi connectivity index (χ1v) is 8.73.